The lowest BCUT2D eigenvalue weighted by Gasteiger charge is -2.61. The van der Waals surface area contributed by atoms with Gasteiger partial charge in [-0.05, 0) is 151 Å². The highest BCUT2D eigenvalue weighted by atomic mass is 16.5. The molecule has 0 aliphatic heterocycles. The Labute approximate surface area is 299 Å². The van der Waals surface area contributed by atoms with E-state index in [0.29, 0.717) is 35.6 Å². The fraction of sp³-hybridized carbons (Fsp3) is 0.610. The molecule has 4 bridgehead atoms. The maximum Gasteiger partial charge on any atom is 0.272 e. The summed E-state index contributed by atoms with van der Waals surface area (Å²) >= 11 is 0. The molecule has 0 atom stereocenters. The van der Waals surface area contributed by atoms with Crippen molar-refractivity contribution in [1.82, 2.24) is 20.0 Å². The number of carbonyl (C=O) groups excluding carboxylic acids is 1. The van der Waals surface area contributed by atoms with E-state index >= 15 is 0 Å². The summed E-state index contributed by atoms with van der Waals surface area (Å²) in [4.78, 5) is 16.9. The molecule has 0 unspecified atom stereocenters. The van der Waals surface area contributed by atoms with Crippen LogP contribution in [0.15, 0.2) is 42.5 Å². The number of amides is 1. The summed E-state index contributed by atoms with van der Waals surface area (Å²) in [5, 5.41) is 12.4. The van der Waals surface area contributed by atoms with Gasteiger partial charge in [-0.15, -0.1) is 0 Å². The summed E-state index contributed by atoms with van der Waals surface area (Å²) in [6.07, 6.45) is 7.03. The Morgan fingerprint density at radius 2 is 1.62 bits per heavy atom. The molecule has 1 aromatic heterocycles. The zero-order valence-corrected chi connectivity index (χ0v) is 31.8. The summed E-state index contributed by atoms with van der Waals surface area (Å²) in [5.74, 6) is 3.69. The van der Waals surface area contributed by atoms with Crippen LogP contribution in [-0.4, -0.2) is 79.7 Å². The van der Waals surface area contributed by atoms with Gasteiger partial charge in [0.1, 0.15) is 11.5 Å². The number of rotatable bonds is 14. The van der Waals surface area contributed by atoms with Gasteiger partial charge < -0.3 is 29.7 Å². The Kier molecular flexibility index (Phi) is 10.6. The van der Waals surface area contributed by atoms with E-state index in [0.717, 1.165) is 85.2 Å². The van der Waals surface area contributed by atoms with Crippen LogP contribution in [0.25, 0.3) is 16.9 Å². The first-order chi connectivity index (χ1) is 23.8. The molecule has 9 nitrogen and oxygen atoms in total. The predicted octanol–water partition coefficient (Wildman–Crippen LogP) is 7.78. The zero-order valence-electron chi connectivity index (χ0n) is 31.8. The van der Waals surface area contributed by atoms with Gasteiger partial charge >= 0.3 is 0 Å². The van der Waals surface area contributed by atoms with Gasteiger partial charge in [-0.2, -0.15) is 5.10 Å². The second-order valence-electron chi connectivity index (χ2n) is 16.6. The van der Waals surface area contributed by atoms with Gasteiger partial charge in [0.05, 0.1) is 48.9 Å². The maximum absolute atomic E-state index is 14.7. The molecule has 50 heavy (non-hydrogen) atoms. The molecule has 7 rings (SSSR count). The lowest BCUT2D eigenvalue weighted by molar-refractivity contribution is -0.129. The first-order valence-electron chi connectivity index (χ1n) is 18.6. The highest BCUT2D eigenvalue weighted by Gasteiger charge is 2.58. The minimum absolute atomic E-state index is 0.158. The number of benzene rings is 2. The molecule has 4 aliphatic rings. The van der Waals surface area contributed by atoms with Gasteiger partial charge in [-0.1, -0.05) is 19.9 Å². The van der Waals surface area contributed by atoms with Crippen molar-refractivity contribution < 1.29 is 19.0 Å². The van der Waals surface area contributed by atoms with Crippen LogP contribution in [0.4, 0.5) is 5.69 Å². The molecule has 4 saturated carbocycles. The Morgan fingerprint density at radius 3 is 2.18 bits per heavy atom. The van der Waals surface area contributed by atoms with E-state index in [1.165, 1.54) is 6.42 Å². The fourth-order valence-corrected chi connectivity index (χ4v) is 9.02. The van der Waals surface area contributed by atoms with Gasteiger partial charge in [-0.25, -0.2) is 4.68 Å². The van der Waals surface area contributed by atoms with Crippen LogP contribution >= 0.6 is 0 Å². The molecule has 0 saturated heterocycles. The van der Waals surface area contributed by atoms with E-state index in [1.54, 1.807) is 14.2 Å². The van der Waals surface area contributed by atoms with E-state index in [1.807, 2.05) is 28.9 Å². The van der Waals surface area contributed by atoms with Crippen LogP contribution in [0.1, 0.15) is 95.1 Å². The third kappa shape index (κ3) is 7.40. The number of anilines is 1. The van der Waals surface area contributed by atoms with Crippen molar-refractivity contribution in [3.05, 3.63) is 53.7 Å². The predicted molar refractivity (Wildman–Crippen MR) is 201 cm³/mol. The van der Waals surface area contributed by atoms with Crippen molar-refractivity contribution in [3.8, 4) is 28.4 Å². The molecule has 4 aliphatic carbocycles. The average molecular weight is 686 g/mol. The molecule has 1 amide bonds. The third-order valence-corrected chi connectivity index (χ3v) is 11.3. The minimum Gasteiger partial charge on any atom is -0.496 e. The topological polar surface area (TPSA) is 89.9 Å². The van der Waals surface area contributed by atoms with E-state index in [2.05, 4.69) is 82.4 Å². The maximum atomic E-state index is 14.7. The van der Waals surface area contributed by atoms with Crippen molar-refractivity contribution in [1.29, 1.82) is 0 Å². The molecular formula is C41H59N5O4. The van der Waals surface area contributed by atoms with Crippen LogP contribution in [0.5, 0.6) is 11.5 Å². The smallest absolute Gasteiger partial charge is 0.272 e. The van der Waals surface area contributed by atoms with Gasteiger partial charge in [0.2, 0.25) is 0 Å². The summed E-state index contributed by atoms with van der Waals surface area (Å²) in [7, 11) is 7.52. The van der Waals surface area contributed by atoms with Crippen LogP contribution < -0.4 is 20.1 Å². The fourth-order valence-electron chi connectivity index (χ4n) is 9.02. The lowest BCUT2D eigenvalue weighted by atomic mass is 9.48. The molecule has 2 aromatic carbocycles. The summed E-state index contributed by atoms with van der Waals surface area (Å²) in [5.41, 5.74) is 4.27. The first kappa shape index (κ1) is 36.2. The average Bonchev–Trinajstić information content (AvgIpc) is 3.51. The number of nitrogens with zero attached hydrogens (tertiary/aromatic N) is 3. The van der Waals surface area contributed by atoms with Crippen LogP contribution in [-0.2, 0) is 4.74 Å². The highest BCUT2D eigenvalue weighted by molar-refractivity contribution is 5.95. The van der Waals surface area contributed by atoms with E-state index in [9.17, 15) is 4.79 Å². The lowest BCUT2D eigenvalue weighted by Crippen LogP contribution is -2.68. The number of methoxy groups -OCH3 is 2. The Morgan fingerprint density at radius 1 is 0.980 bits per heavy atom. The van der Waals surface area contributed by atoms with Gasteiger partial charge in [-0.3, -0.25) is 4.79 Å². The molecule has 272 valence electrons. The third-order valence-electron chi connectivity index (χ3n) is 11.3. The number of hydrogen-bond donors (Lipinski definition) is 2. The first-order valence-corrected chi connectivity index (χ1v) is 18.6. The molecular weight excluding hydrogens is 626 g/mol. The molecule has 3 aromatic rings. The van der Waals surface area contributed by atoms with Crippen molar-refractivity contribution in [2.75, 3.05) is 53.3 Å². The summed E-state index contributed by atoms with van der Waals surface area (Å²) < 4.78 is 20.2. The number of nitrogens with one attached hydrogen (secondary N) is 2. The largest absolute Gasteiger partial charge is 0.496 e. The quantitative estimate of drug-likeness (QED) is 0.168. The number of carbonyl (C=O) groups is 1. The molecule has 0 spiro atoms. The van der Waals surface area contributed by atoms with Crippen molar-refractivity contribution >= 4 is 11.6 Å². The standard InChI is InChI=1S/C41H59N5O4/c1-26(2)32-23-31(42-16-11-17-45(6)7)14-15-34(32)46-35(38-36(48-8)12-10-13-37(38)49-9)24-33(44-46)39(47)43-41(25-50-40(3,4)5)29-19-27-18-28(21-29)22-30(41)20-27/h10,12-15,23-24,26-30,42H,11,16-22,25H2,1-9H3,(H,43,47). The molecule has 9 heteroatoms. The second kappa shape index (κ2) is 14.6. The number of aromatic nitrogens is 2. The van der Waals surface area contributed by atoms with Crippen molar-refractivity contribution in [3.63, 3.8) is 0 Å². The molecule has 2 N–H and O–H groups in total. The summed E-state index contributed by atoms with van der Waals surface area (Å²) in [6, 6.07) is 14.1. The summed E-state index contributed by atoms with van der Waals surface area (Å²) in [6.45, 7) is 13.1. The normalized spacial score (nSPS) is 24.2. The van der Waals surface area contributed by atoms with E-state index in [4.69, 9.17) is 19.3 Å². The SMILES string of the molecule is COc1cccc(OC)c1-c1cc(C(=O)NC2(COC(C)(C)C)C3CC4CC(C3)CC2C4)nn1-c1ccc(NCCCN(C)C)cc1C(C)C. The minimum atomic E-state index is -0.410. The second-order valence-corrected chi connectivity index (χ2v) is 16.6. The van der Waals surface area contributed by atoms with Crippen molar-refractivity contribution in [2.24, 2.45) is 23.7 Å². The Bertz CT molecular complexity index is 1600. The van der Waals surface area contributed by atoms with E-state index < -0.39 is 5.54 Å². The van der Waals surface area contributed by atoms with Gasteiger partial charge in [0.25, 0.3) is 5.91 Å². The van der Waals surface area contributed by atoms with Crippen molar-refractivity contribution in [2.45, 2.75) is 90.2 Å². The highest BCUT2D eigenvalue weighted by Crippen LogP contribution is 2.58. The zero-order chi connectivity index (χ0) is 35.8. The van der Waals surface area contributed by atoms with Gasteiger partial charge in [0.15, 0.2) is 5.69 Å². The Balaban J connectivity index is 1.42. The van der Waals surface area contributed by atoms with Crippen LogP contribution in [0.3, 0.4) is 0 Å². The monoisotopic (exact) mass is 685 g/mol. The molecule has 0 radical (unpaired) electrons. The number of ether oxygens (including phenoxy) is 3. The van der Waals surface area contributed by atoms with Crippen LogP contribution in [0.2, 0.25) is 0 Å². The van der Waals surface area contributed by atoms with Gasteiger partial charge in [0, 0.05) is 12.2 Å². The number of hydrogen-bond acceptors (Lipinski definition) is 7. The molecule has 1 heterocycles. The van der Waals surface area contributed by atoms with Crippen LogP contribution in [0, 0.1) is 23.7 Å². The van der Waals surface area contributed by atoms with E-state index in [-0.39, 0.29) is 17.4 Å². The Hall–Kier alpha value is -3.56. The molecule has 4 fully saturated rings.